The van der Waals surface area contributed by atoms with Crippen molar-refractivity contribution in [1.82, 2.24) is 19.7 Å². The van der Waals surface area contributed by atoms with Crippen molar-refractivity contribution in [2.75, 3.05) is 20.3 Å². The van der Waals surface area contributed by atoms with Crippen LogP contribution in [0.4, 0.5) is 0 Å². The molecule has 0 aliphatic rings. The topological polar surface area (TPSA) is 92.3 Å². The van der Waals surface area contributed by atoms with Gasteiger partial charge in [-0.3, -0.25) is 9.36 Å². The molecular weight excluding hydrogens is 428 g/mol. The molecule has 0 bridgehead atoms. The Morgan fingerprint density at radius 1 is 1.09 bits per heavy atom. The highest BCUT2D eigenvalue weighted by atomic mass is 32.2. The van der Waals surface area contributed by atoms with E-state index >= 15 is 0 Å². The Balaban J connectivity index is 1.53. The molecule has 4 aromatic rings. The minimum atomic E-state index is -0.0604. The van der Waals surface area contributed by atoms with Crippen LogP contribution in [0.1, 0.15) is 19.2 Å². The minimum Gasteiger partial charge on any atom is -0.494 e. The van der Waals surface area contributed by atoms with Crippen LogP contribution in [-0.4, -0.2) is 40.0 Å². The summed E-state index contributed by atoms with van der Waals surface area (Å²) < 4.78 is 17.7. The average molecular weight is 453 g/mol. The van der Waals surface area contributed by atoms with Gasteiger partial charge in [0, 0.05) is 25.8 Å². The van der Waals surface area contributed by atoms with Gasteiger partial charge in [-0.2, -0.15) is 4.98 Å². The first kappa shape index (κ1) is 22.0. The first-order valence-electron chi connectivity index (χ1n) is 10.4. The van der Waals surface area contributed by atoms with E-state index in [9.17, 15) is 4.79 Å². The van der Waals surface area contributed by atoms with Gasteiger partial charge >= 0.3 is 0 Å². The molecule has 0 radical (unpaired) electrons. The molecule has 2 aromatic heterocycles. The van der Waals surface area contributed by atoms with Crippen LogP contribution >= 0.6 is 11.8 Å². The minimum absolute atomic E-state index is 0.0604. The van der Waals surface area contributed by atoms with Crippen molar-refractivity contribution < 1.29 is 14.0 Å². The number of ether oxygens (including phenoxy) is 2. The zero-order valence-corrected chi connectivity index (χ0v) is 18.8. The van der Waals surface area contributed by atoms with Crippen LogP contribution in [0.3, 0.4) is 0 Å². The lowest BCUT2D eigenvalue weighted by Gasteiger charge is -2.12. The van der Waals surface area contributed by atoms with Gasteiger partial charge in [0.2, 0.25) is 11.7 Å². The average Bonchev–Trinajstić information content (AvgIpc) is 3.29. The molecule has 166 valence electrons. The number of methoxy groups -OCH3 is 1. The van der Waals surface area contributed by atoms with E-state index in [1.165, 1.54) is 11.8 Å². The van der Waals surface area contributed by atoms with Crippen molar-refractivity contribution in [1.29, 1.82) is 0 Å². The van der Waals surface area contributed by atoms with Gasteiger partial charge in [-0.05, 0) is 49.7 Å². The third-order valence-electron chi connectivity index (χ3n) is 4.77. The molecule has 0 aliphatic heterocycles. The van der Waals surface area contributed by atoms with Crippen LogP contribution in [0.25, 0.3) is 22.3 Å². The van der Waals surface area contributed by atoms with E-state index in [1.807, 2.05) is 49.4 Å². The Morgan fingerprint density at radius 2 is 1.91 bits per heavy atom. The molecule has 0 fully saturated rings. The van der Waals surface area contributed by atoms with Crippen molar-refractivity contribution >= 4 is 22.7 Å². The lowest BCUT2D eigenvalue weighted by molar-refractivity contribution is 0.189. The second-order valence-electron chi connectivity index (χ2n) is 6.97. The Kier molecular flexibility index (Phi) is 7.18. The Bertz CT molecular complexity index is 1240. The highest BCUT2D eigenvalue weighted by molar-refractivity contribution is 7.98. The van der Waals surface area contributed by atoms with Gasteiger partial charge in [-0.15, -0.1) is 0 Å². The monoisotopic (exact) mass is 452 g/mol. The van der Waals surface area contributed by atoms with Crippen molar-refractivity contribution in [3.8, 4) is 17.1 Å². The maximum atomic E-state index is 13.0. The van der Waals surface area contributed by atoms with E-state index in [0.717, 1.165) is 11.3 Å². The standard InChI is InChI=1S/C23H24N4O4S/c1-3-30-17-11-9-16(10-12-17)21-25-20(31-26-21)15-32-23-24-19-8-5-4-7-18(19)22(28)27(23)13-6-14-29-2/h4-5,7-12H,3,6,13-15H2,1-2H3. The van der Waals surface area contributed by atoms with Gasteiger partial charge in [0.25, 0.3) is 5.56 Å². The van der Waals surface area contributed by atoms with Gasteiger partial charge in [0.1, 0.15) is 5.75 Å². The highest BCUT2D eigenvalue weighted by Gasteiger charge is 2.14. The van der Waals surface area contributed by atoms with E-state index in [1.54, 1.807) is 17.7 Å². The Hall–Kier alpha value is -3.17. The number of para-hydroxylation sites is 1. The fraction of sp³-hybridized carbons (Fsp3) is 0.304. The maximum Gasteiger partial charge on any atom is 0.262 e. The number of aromatic nitrogens is 4. The quantitative estimate of drug-likeness (QED) is 0.201. The van der Waals surface area contributed by atoms with E-state index < -0.39 is 0 Å². The molecule has 2 aromatic carbocycles. The van der Waals surface area contributed by atoms with Crippen LogP contribution in [0.2, 0.25) is 0 Å². The zero-order chi connectivity index (χ0) is 22.3. The van der Waals surface area contributed by atoms with Crippen molar-refractivity contribution in [2.24, 2.45) is 0 Å². The Labute approximate surface area is 189 Å². The number of hydrogen-bond acceptors (Lipinski definition) is 8. The molecule has 0 N–H and O–H groups in total. The number of nitrogens with zero attached hydrogens (tertiary/aromatic N) is 4. The molecule has 0 spiro atoms. The van der Waals surface area contributed by atoms with Crippen LogP contribution in [0.15, 0.2) is 63.0 Å². The van der Waals surface area contributed by atoms with Crippen LogP contribution < -0.4 is 10.3 Å². The fourth-order valence-corrected chi connectivity index (χ4v) is 4.11. The molecular formula is C23H24N4O4S. The zero-order valence-electron chi connectivity index (χ0n) is 18.0. The third kappa shape index (κ3) is 5.00. The maximum absolute atomic E-state index is 13.0. The molecule has 9 heteroatoms. The molecule has 0 aliphatic carbocycles. The van der Waals surface area contributed by atoms with Crippen LogP contribution in [-0.2, 0) is 17.0 Å². The first-order chi connectivity index (χ1) is 15.7. The number of fused-ring (bicyclic) bond motifs is 1. The SMILES string of the molecule is CCOc1ccc(-c2noc(CSc3nc4ccccc4c(=O)n3CCCOC)n2)cc1. The second kappa shape index (κ2) is 10.4. The number of benzene rings is 2. The van der Waals surface area contributed by atoms with Crippen LogP contribution in [0, 0.1) is 0 Å². The molecule has 4 rings (SSSR count). The summed E-state index contributed by atoms with van der Waals surface area (Å²) in [5, 5.41) is 5.30. The van der Waals surface area contributed by atoms with Crippen LogP contribution in [0.5, 0.6) is 5.75 Å². The van der Waals surface area contributed by atoms with Crippen molar-refractivity contribution in [2.45, 2.75) is 30.8 Å². The summed E-state index contributed by atoms with van der Waals surface area (Å²) in [6.07, 6.45) is 0.715. The summed E-state index contributed by atoms with van der Waals surface area (Å²) in [4.78, 5) is 22.2. The number of thioether (sulfide) groups is 1. The molecule has 2 heterocycles. The molecule has 0 saturated carbocycles. The molecule has 0 saturated heterocycles. The van der Waals surface area contributed by atoms with Crippen molar-refractivity contribution in [3.05, 3.63) is 64.8 Å². The highest BCUT2D eigenvalue weighted by Crippen LogP contribution is 2.24. The summed E-state index contributed by atoms with van der Waals surface area (Å²) in [5.41, 5.74) is 1.45. The first-order valence-corrected chi connectivity index (χ1v) is 11.3. The molecule has 32 heavy (non-hydrogen) atoms. The third-order valence-corrected chi connectivity index (χ3v) is 5.73. The molecule has 0 unspecified atom stereocenters. The van der Waals surface area contributed by atoms with E-state index in [4.69, 9.17) is 19.0 Å². The summed E-state index contributed by atoms with van der Waals surface area (Å²) >= 11 is 1.40. The molecule has 0 atom stereocenters. The largest absolute Gasteiger partial charge is 0.494 e. The molecule has 8 nitrogen and oxygen atoms in total. The number of rotatable bonds is 10. The smallest absolute Gasteiger partial charge is 0.262 e. The lowest BCUT2D eigenvalue weighted by atomic mass is 10.2. The van der Waals surface area contributed by atoms with Gasteiger partial charge in [0.05, 0.1) is 23.3 Å². The number of hydrogen-bond donors (Lipinski definition) is 0. The summed E-state index contributed by atoms with van der Waals surface area (Å²) in [7, 11) is 1.65. The predicted octanol–water partition coefficient (Wildman–Crippen LogP) is 4.17. The van der Waals surface area contributed by atoms with E-state index in [-0.39, 0.29) is 5.56 Å². The van der Waals surface area contributed by atoms with Gasteiger partial charge in [0.15, 0.2) is 5.16 Å². The van der Waals surface area contributed by atoms with Gasteiger partial charge in [-0.25, -0.2) is 4.98 Å². The molecule has 0 amide bonds. The Morgan fingerprint density at radius 3 is 2.69 bits per heavy atom. The summed E-state index contributed by atoms with van der Waals surface area (Å²) in [6, 6.07) is 14.9. The summed E-state index contributed by atoms with van der Waals surface area (Å²) in [5.74, 6) is 2.17. The second-order valence-corrected chi connectivity index (χ2v) is 7.91. The van der Waals surface area contributed by atoms with E-state index in [2.05, 4.69) is 10.1 Å². The van der Waals surface area contributed by atoms with E-state index in [0.29, 0.717) is 59.7 Å². The van der Waals surface area contributed by atoms with Gasteiger partial charge in [-0.1, -0.05) is 29.1 Å². The normalized spacial score (nSPS) is 11.2. The van der Waals surface area contributed by atoms with Gasteiger partial charge < -0.3 is 14.0 Å². The van der Waals surface area contributed by atoms with Crippen molar-refractivity contribution in [3.63, 3.8) is 0 Å². The fourth-order valence-electron chi connectivity index (χ4n) is 3.25. The lowest BCUT2D eigenvalue weighted by Crippen LogP contribution is -2.24. The summed E-state index contributed by atoms with van der Waals surface area (Å²) in [6.45, 7) is 3.65. The predicted molar refractivity (Wildman–Crippen MR) is 123 cm³/mol.